The Labute approximate surface area is 175 Å². The predicted octanol–water partition coefficient (Wildman–Crippen LogP) is 3.75. The van der Waals surface area contributed by atoms with E-state index in [-0.39, 0.29) is 17.9 Å². The molecular formula is C24H26N3OS+. The number of H-pyrrole nitrogens is 1. The molecule has 0 saturated heterocycles. The SMILES string of the molecule is CN(C)C(=O)[C@@H]([NH2+]C[C@H](c1cccs1)c1c[nH]c2ccccc12)c1ccccc1. The second-order valence-corrected chi connectivity index (χ2v) is 8.43. The second-order valence-electron chi connectivity index (χ2n) is 7.45. The van der Waals surface area contributed by atoms with Crippen molar-refractivity contribution in [1.29, 1.82) is 0 Å². The van der Waals surface area contributed by atoms with Crippen molar-refractivity contribution in [1.82, 2.24) is 9.88 Å². The molecule has 0 aliphatic carbocycles. The number of rotatable bonds is 7. The van der Waals surface area contributed by atoms with Gasteiger partial charge in [-0.1, -0.05) is 54.6 Å². The van der Waals surface area contributed by atoms with Gasteiger partial charge < -0.3 is 15.2 Å². The summed E-state index contributed by atoms with van der Waals surface area (Å²) in [5.74, 6) is 0.326. The van der Waals surface area contributed by atoms with Gasteiger partial charge in [-0.15, -0.1) is 11.3 Å². The molecule has 0 aliphatic rings. The summed E-state index contributed by atoms with van der Waals surface area (Å²) >= 11 is 1.77. The number of fused-ring (bicyclic) bond motifs is 1. The number of nitrogens with one attached hydrogen (secondary N) is 1. The van der Waals surface area contributed by atoms with E-state index in [0.717, 1.165) is 17.6 Å². The third-order valence-electron chi connectivity index (χ3n) is 5.36. The number of hydrogen-bond acceptors (Lipinski definition) is 2. The lowest BCUT2D eigenvalue weighted by molar-refractivity contribution is -0.684. The zero-order chi connectivity index (χ0) is 20.2. The number of hydrogen-bond donors (Lipinski definition) is 2. The van der Waals surface area contributed by atoms with Gasteiger partial charge in [0.2, 0.25) is 0 Å². The smallest absolute Gasteiger partial charge is 0.285 e. The predicted molar refractivity (Wildman–Crippen MR) is 119 cm³/mol. The third kappa shape index (κ3) is 4.11. The zero-order valence-electron chi connectivity index (χ0n) is 16.7. The molecule has 5 heteroatoms. The molecule has 2 aromatic heterocycles. The maximum atomic E-state index is 12.9. The summed E-state index contributed by atoms with van der Waals surface area (Å²) in [6.45, 7) is 0.793. The van der Waals surface area contributed by atoms with E-state index in [0.29, 0.717) is 0 Å². The molecule has 4 rings (SSSR count). The van der Waals surface area contributed by atoms with Crippen LogP contribution in [0.25, 0.3) is 10.9 Å². The van der Waals surface area contributed by atoms with Gasteiger partial charge in [0.25, 0.3) is 5.91 Å². The maximum absolute atomic E-state index is 12.9. The van der Waals surface area contributed by atoms with Crippen LogP contribution in [0, 0.1) is 0 Å². The van der Waals surface area contributed by atoms with Gasteiger partial charge in [0.15, 0.2) is 6.04 Å². The van der Waals surface area contributed by atoms with Crippen molar-refractivity contribution in [2.45, 2.75) is 12.0 Å². The van der Waals surface area contributed by atoms with E-state index < -0.39 is 0 Å². The van der Waals surface area contributed by atoms with Crippen molar-refractivity contribution in [2.75, 3.05) is 20.6 Å². The van der Waals surface area contributed by atoms with Crippen LogP contribution in [0.1, 0.15) is 28.0 Å². The molecule has 1 amide bonds. The van der Waals surface area contributed by atoms with E-state index in [1.165, 1.54) is 15.8 Å². The lowest BCUT2D eigenvalue weighted by atomic mass is 9.95. The van der Waals surface area contributed by atoms with E-state index in [1.54, 1.807) is 16.2 Å². The number of aromatic amines is 1. The molecule has 148 valence electrons. The zero-order valence-corrected chi connectivity index (χ0v) is 17.5. The number of nitrogens with two attached hydrogens (primary N) is 1. The van der Waals surface area contributed by atoms with Crippen LogP contribution in [0.2, 0.25) is 0 Å². The van der Waals surface area contributed by atoms with Crippen molar-refractivity contribution >= 4 is 28.1 Å². The van der Waals surface area contributed by atoms with Gasteiger partial charge in [-0.2, -0.15) is 0 Å². The summed E-state index contributed by atoms with van der Waals surface area (Å²) in [4.78, 5) is 19.3. The van der Waals surface area contributed by atoms with Crippen molar-refractivity contribution < 1.29 is 10.1 Å². The van der Waals surface area contributed by atoms with Crippen LogP contribution in [-0.2, 0) is 4.79 Å². The van der Waals surface area contributed by atoms with E-state index in [2.05, 4.69) is 58.3 Å². The average molecular weight is 405 g/mol. The highest BCUT2D eigenvalue weighted by atomic mass is 32.1. The number of amides is 1. The largest absolute Gasteiger partial charge is 0.361 e. The molecule has 2 aromatic carbocycles. The molecule has 0 spiro atoms. The fourth-order valence-electron chi connectivity index (χ4n) is 3.86. The number of carbonyl (C=O) groups excluding carboxylic acids is 1. The molecule has 2 atom stereocenters. The number of thiophene rings is 1. The summed E-state index contributed by atoms with van der Waals surface area (Å²) in [7, 11) is 3.64. The molecule has 0 aliphatic heterocycles. The Balaban J connectivity index is 1.66. The van der Waals surface area contributed by atoms with Crippen LogP contribution in [-0.4, -0.2) is 36.4 Å². The Kier molecular flexibility index (Phi) is 5.79. The minimum atomic E-state index is -0.251. The summed E-state index contributed by atoms with van der Waals surface area (Å²) in [5.41, 5.74) is 3.46. The number of benzene rings is 2. The van der Waals surface area contributed by atoms with Crippen molar-refractivity contribution in [2.24, 2.45) is 0 Å². The Bertz CT molecular complexity index is 1070. The first-order valence-electron chi connectivity index (χ1n) is 9.84. The average Bonchev–Trinajstić information content (AvgIpc) is 3.42. The van der Waals surface area contributed by atoms with Crippen molar-refractivity contribution in [3.8, 4) is 0 Å². The number of para-hydroxylation sites is 1. The van der Waals surface area contributed by atoms with Crippen LogP contribution in [0.5, 0.6) is 0 Å². The summed E-state index contributed by atoms with van der Waals surface area (Å²) in [6, 6.07) is 22.5. The Hall–Kier alpha value is -2.89. The number of nitrogens with zero attached hydrogens (tertiary/aromatic N) is 1. The first kappa shape index (κ1) is 19.4. The maximum Gasteiger partial charge on any atom is 0.285 e. The second kappa shape index (κ2) is 8.64. The molecule has 4 nitrogen and oxygen atoms in total. The fraction of sp³-hybridized carbons (Fsp3) is 0.208. The standard InChI is InChI=1S/C24H25N3OS/c1-27(2)24(28)23(17-9-4-3-5-10-17)26-16-20(22-13-8-14-29-22)19-15-25-21-12-7-6-11-18(19)21/h3-15,20,23,25-26H,16H2,1-2H3/p+1/t20-,23-/m0/s1. The van der Waals surface area contributed by atoms with Gasteiger partial charge in [0.05, 0.1) is 12.5 Å². The molecule has 0 radical (unpaired) electrons. The van der Waals surface area contributed by atoms with Gasteiger partial charge in [0, 0.05) is 41.6 Å². The highest BCUT2D eigenvalue weighted by molar-refractivity contribution is 7.10. The minimum Gasteiger partial charge on any atom is -0.361 e. The molecule has 29 heavy (non-hydrogen) atoms. The van der Waals surface area contributed by atoms with Crippen LogP contribution in [0.15, 0.2) is 78.3 Å². The van der Waals surface area contributed by atoms with Gasteiger partial charge >= 0.3 is 0 Å². The van der Waals surface area contributed by atoms with Gasteiger partial charge in [-0.05, 0) is 23.1 Å². The van der Waals surface area contributed by atoms with Crippen LogP contribution < -0.4 is 5.32 Å². The van der Waals surface area contributed by atoms with E-state index in [4.69, 9.17) is 0 Å². The van der Waals surface area contributed by atoms with Crippen LogP contribution >= 0.6 is 11.3 Å². The Morgan fingerprint density at radius 1 is 1.03 bits per heavy atom. The van der Waals surface area contributed by atoms with Crippen LogP contribution in [0.4, 0.5) is 0 Å². The molecule has 2 heterocycles. The molecule has 0 unspecified atom stereocenters. The highest BCUT2D eigenvalue weighted by Crippen LogP contribution is 2.32. The molecule has 0 bridgehead atoms. The van der Waals surface area contributed by atoms with E-state index >= 15 is 0 Å². The normalized spacial score (nSPS) is 13.3. The van der Waals surface area contributed by atoms with E-state index in [1.807, 2.05) is 44.4 Å². The summed E-state index contributed by atoms with van der Waals surface area (Å²) in [6.07, 6.45) is 2.12. The van der Waals surface area contributed by atoms with Gasteiger partial charge in [-0.25, -0.2) is 0 Å². The summed E-state index contributed by atoms with van der Waals surface area (Å²) < 4.78 is 0. The lowest BCUT2D eigenvalue weighted by Gasteiger charge is -2.22. The molecule has 4 aromatic rings. The lowest BCUT2D eigenvalue weighted by Crippen LogP contribution is -2.88. The number of aromatic nitrogens is 1. The topological polar surface area (TPSA) is 52.7 Å². The van der Waals surface area contributed by atoms with E-state index in [9.17, 15) is 4.79 Å². The number of quaternary nitrogens is 1. The minimum absolute atomic E-state index is 0.111. The first-order valence-corrected chi connectivity index (χ1v) is 10.7. The molecular weight excluding hydrogens is 378 g/mol. The van der Waals surface area contributed by atoms with Gasteiger partial charge in [-0.3, -0.25) is 4.79 Å². The molecule has 0 saturated carbocycles. The van der Waals surface area contributed by atoms with Crippen molar-refractivity contribution in [3.05, 3.63) is 94.3 Å². The molecule has 3 N–H and O–H groups in total. The number of carbonyl (C=O) groups is 1. The Morgan fingerprint density at radius 2 is 1.79 bits per heavy atom. The number of likely N-dealkylation sites (N-methyl/N-ethyl adjacent to an activating group) is 1. The monoisotopic (exact) mass is 404 g/mol. The van der Waals surface area contributed by atoms with Gasteiger partial charge in [0.1, 0.15) is 0 Å². The third-order valence-corrected chi connectivity index (χ3v) is 6.34. The summed E-state index contributed by atoms with van der Waals surface area (Å²) in [5, 5.41) is 5.55. The fourth-order valence-corrected chi connectivity index (χ4v) is 4.72. The molecule has 0 fully saturated rings. The first-order chi connectivity index (χ1) is 14.1. The van der Waals surface area contributed by atoms with Crippen molar-refractivity contribution in [3.63, 3.8) is 0 Å². The quantitative estimate of drug-likeness (QED) is 0.484. The van der Waals surface area contributed by atoms with Crippen LogP contribution in [0.3, 0.4) is 0 Å². The Morgan fingerprint density at radius 3 is 2.52 bits per heavy atom. The highest BCUT2D eigenvalue weighted by Gasteiger charge is 2.29.